The maximum absolute atomic E-state index is 13.2. The summed E-state index contributed by atoms with van der Waals surface area (Å²) in [4.78, 5) is 21.1. The minimum absolute atomic E-state index is 0.0589. The van der Waals surface area contributed by atoms with Crippen molar-refractivity contribution in [2.24, 2.45) is 0 Å². The van der Waals surface area contributed by atoms with E-state index < -0.39 is 0 Å². The molecule has 0 spiro atoms. The molecule has 4 heterocycles. The molecule has 156 valence electrons. The monoisotopic (exact) mass is 423 g/mol. The van der Waals surface area contributed by atoms with Crippen LogP contribution >= 0.6 is 11.3 Å². The first-order valence-electron chi connectivity index (χ1n) is 9.86. The van der Waals surface area contributed by atoms with E-state index in [1.807, 2.05) is 59.4 Å². The summed E-state index contributed by atoms with van der Waals surface area (Å²) in [6.45, 7) is 4.53. The lowest BCUT2D eigenvalue weighted by atomic mass is 10.1. The lowest BCUT2D eigenvalue weighted by molar-refractivity contribution is 0.0940. The van der Waals surface area contributed by atoms with Gasteiger partial charge in [0.2, 0.25) is 0 Å². The van der Waals surface area contributed by atoms with E-state index in [0.29, 0.717) is 12.1 Å². The topological polar surface area (TPSA) is 76.2 Å². The summed E-state index contributed by atoms with van der Waals surface area (Å²) in [7, 11) is 3.93. The molecular formula is C22H25N5O2S. The molecule has 30 heavy (non-hydrogen) atoms. The third-order valence-corrected chi connectivity index (χ3v) is 5.92. The fourth-order valence-corrected chi connectivity index (χ4v) is 4.12. The third kappa shape index (κ3) is 3.88. The van der Waals surface area contributed by atoms with Crippen LogP contribution in [0.3, 0.4) is 0 Å². The molecule has 0 saturated carbocycles. The fraction of sp³-hybridized carbons (Fsp3) is 0.318. The Balaban J connectivity index is 1.69. The summed E-state index contributed by atoms with van der Waals surface area (Å²) in [5.74, 6) is 0.661. The number of thiophene rings is 1. The first kappa shape index (κ1) is 20.3. The highest BCUT2D eigenvalue weighted by molar-refractivity contribution is 7.13. The second kappa shape index (κ2) is 8.41. The minimum Gasteiger partial charge on any atom is -0.468 e. The van der Waals surface area contributed by atoms with Crippen molar-refractivity contribution >= 4 is 28.3 Å². The quantitative estimate of drug-likeness (QED) is 0.478. The molecule has 4 aromatic rings. The Labute approximate surface area is 179 Å². The molecular weight excluding hydrogens is 398 g/mol. The van der Waals surface area contributed by atoms with Crippen LogP contribution in [-0.4, -0.2) is 46.2 Å². The van der Waals surface area contributed by atoms with Gasteiger partial charge < -0.3 is 9.73 Å². The van der Waals surface area contributed by atoms with Crippen LogP contribution < -0.4 is 5.32 Å². The van der Waals surface area contributed by atoms with Crippen LogP contribution in [0.1, 0.15) is 42.0 Å². The van der Waals surface area contributed by atoms with Gasteiger partial charge in [-0.1, -0.05) is 6.07 Å². The summed E-state index contributed by atoms with van der Waals surface area (Å²) in [5, 5.41) is 10.3. The first-order chi connectivity index (χ1) is 14.5. The average Bonchev–Trinajstić information content (AvgIpc) is 3.47. The van der Waals surface area contributed by atoms with Crippen molar-refractivity contribution in [3.63, 3.8) is 0 Å². The summed E-state index contributed by atoms with van der Waals surface area (Å²) in [5.41, 5.74) is 2.07. The number of pyridine rings is 1. The van der Waals surface area contributed by atoms with Crippen LogP contribution in [0.4, 0.5) is 0 Å². The van der Waals surface area contributed by atoms with E-state index in [1.54, 1.807) is 23.8 Å². The molecule has 0 aliphatic carbocycles. The highest BCUT2D eigenvalue weighted by Gasteiger charge is 2.22. The van der Waals surface area contributed by atoms with E-state index in [4.69, 9.17) is 9.40 Å². The SMILES string of the molecule is CC(C)n1ncc2c(C(=O)NCC(c3ccco3)N(C)C)cc(-c3cccs3)nc21. The Morgan fingerprint density at radius 3 is 2.77 bits per heavy atom. The van der Waals surface area contributed by atoms with Crippen LogP contribution in [0.2, 0.25) is 0 Å². The van der Waals surface area contributed by atoms with Gasteiger partial charge in [0.1, 0.15) is 5.76 Å². The summed E-state index contributed by atoms with van der Waals surface area (Å²) in [6.07, 6.45) is 3.37. The van der Waals surface area contributed by atoms with Crippen LogP contribution in [0.15, 0.2) is 52.6 Å². The van der Waals surface area contributed by atoms with Gasteiger partial charge in [0.05, 0.1) is 40.0 Å². The van der Waals surface area contributed by atoms with Crippen LogP contribution in [0, 0.1) is 0 Å². The molecule has 0 bridgehead atoms. The predicted molar refractivity (Wildman–Crippen MR) is 119 cm³/mol. The molecule has 7 nitrogen and oxygen atoms in total. The Hall–Kier alpha value is -2.97. The van der Waals surface area contributed by atoms with Gasteiger partial charge in [-0.05, 0) is 57.6 Å². The lowest BCUT2D eigenvalue weighted by Crippen LogP contribution is -2.34. The van der Waals surface area contributed by atoms with Gasteiger partial charge in [-0.15, -0.1) is 11.3 Å². The molecule has 1 atom stereocenters. The van der Waals surface area contributed by atoms with Gasteiger partial charge in [0, 0.05) is 12.6 Å². The van der Waals surface area contributed by atoms with Gasteiger partial charge in [0.15, 0.2) is 5.65 Å². The van der Waals surface area contributed by atoms with Gasteiger partial charge in [-0.3, -0.25) is 9.69 Å². The van der Waals surface area contributed by atoms with E-state index in [-0.39, 0.29) is 18.0 Å². The average molecular weight is 424 g/mol. The molecule has 0 saturated heterocycles. The Morgan fingerprint density at radius 1 is 1.30 bits per heavy atom. The fourth-order valence-electron chi connectivity index (χ4n) is 3.44. The molecule has 0 fully saturated rings. The third-order valence-electron chi connectivity index (χ3n) is 5.03. The number of likely N-dealkylation sites (N-methyl/N-ethyl adjacent to an activating group) is 1. The predicted octanol–water partition coefficient (Wildman–Crippen LogP) is 4.37. The number of carbonyl (C=O) groups excluding carboxylic acids is 1. The van der Waals surface area contributed by atoms with E-state index in [1.165, 1.54) is 0 Å². The molecule has 0 radical (unpaired) electrons. The molecule has 0 aromatic carbocycles. The molecule has 1 N–H and O–H groups in total. The number of rotatable bonds is 7. The van der Waals surface area contributed by atoms with Crippen molar-refractivity contribution in [3.05, 3.63) is 59.5 Å². The first-order valence-corrected chi connectivity index (χ1v) is 10.7. The number of amides is 1. The van der Waals surface area contributed by atoms with Crippen molar-refractivity contribution in [1.29, 1.82) is 0 Å². The number of nitrogens with one attached hydrogen (secondary N) is 1. The lowest BCUT2D eigenvalue weighted by Gasteiger charge is -2.22. The molecule has 1 amide bonds. The van der Waals surface area contributed by atoms with Crippen molar-refractivity contribution in [3.8, 4) is 10.6 Å². The van der Waals surface area contributed by atoms with Gasteiger partial charge >= 0.3 is 0 Å². The molecule has 0 aliphatic rings. The van der Waals surface area contributed by atoms with Crippen molar-refractivity contribution in [2.75, 3.05) is 20.6 Å². The number of furan rings is 1. The molecule has 4 rings (SSSR count). The Morgan fingerprint density at radius 2 is 2.13 bits per heavy atom. The zero-order valence-corrected chi connectivity index (χ0v) is 18.3. The largest absolute Gasteiger partial charge is 0.468 e. The summed E-state index contributed by atoms with van der Waals surface area (Å²) >= 11 is 1.60. The molecule has 4 aromatic heterocycles. The minimum atomic E-state index is -0.151. The number of aromatic nitrogens is 3. The smallest absolute Gasteiger partial charge is 0.252 e. The Bertz CT molecular complexity index is 1130. The molecule has 1 unspecified atom stereocenters. The van der Waals surface area contributed by atoms with Crippen molar-refractivity contribution in [1.82, 2.24) is 25.0 Å². The standard InChI is InChI=1S/C22H25N5O2S/c1-14(2)27-21-16(12-24-27)15(11-17(25-21)20-8-6-10-30-20)22(28)23-13-18(26(3)4)19-7-5-9-29-19/h5-12,14,18H,13H2,1-4H3,(H,23,28). The Kier molecular flexibility index (Phi) is 5.69. The zero-order chi connectivity index (χ0) is 21.3. The second-order valence-electron chi connectivity index (χ2n) is 7.66. The van der Waals surface area contributed by atoms with Gasteiger partial charge in [-0.2, -0.15) is 5.10 Å². The second-order valence-corrected chi connectivity index (χ2v) is 8.61. The number of hydrogen-bond donors (Lipinski definition) is 1. The zero-order valence-electron chi connectivity index (χ0n) is 17.5. The summed E-state index contributed by atoms with van der Waals surface area (Å²) in [6, 6.07) is 9.70. The number of fused-ring (bicyclic) bond motifs is 1. The summed E-state index contributed by atoms with van der Waals surface area (Å²) < 4.78 is 7.40. The molecule has 8 heteroatoms. The van der Waals surface area contributed by atoms with Crippen LogP contribution in [-0.2, 0) is 0 Å². The molecule has 0 aliphatic heterocycles. The van der Waals surface area contributed by atoms with Crippen molar-refractivity contribution < 1.29 is 9.21 Å². The number of nitrogens with zero attached hydrogens (tertiary/aromatic N) is 4. The highest BCUT2D eigenvalue weighted by atomic mass is 32.1. The number of carbonyl (C=O) groups is 1. The maximum Gasteiger partial charge on any atom is 0.252 e. The van der Waals surface area contributed by atoms with E-state index in [0.717, 1.165) is 27.4 Å². The van der Waals surface area contributed by atoms with E-state index in [9.17, 15) is 4.79 Å². The maximum atomic E-state index is 13.2. The highest BCUT2D eigenvalue weighted by Crippen LogP contribution is 2.29. The van der Waals surface area contributed by atoms with Crippen molar-refractivity contribution in [2.45, 2.75) is 25.9 Å². The number of hydrogen-bond acceptors (Lipinski definition) is 6. The van der Waals surface area contributed by atoms with Crippen LogP contribution in [0.25, 0.3) is 21.6 Å². The van der Waals surface area contributed by atoms with Gasteiger partial charge in [-0.25, -0.2) is 9.67 Å². The van der Waals surface area contributed by atoms with E-state index >= 15 is 0 Å². The van der Waals surface area contributed by atoms with Gasteiger partial charge in [0.25, 0.3) is 5.91 Å². The normalized spacial score (nSPS) is 12.7. The van der Waals surface area contributed by atoms with E-state index in [2.05, 4.69) is 24.3 Å². The van der Waals surface area contributed by atoms with Crippen LogP contribution in [0.5, 0.6) is 0 Å².